The Kier molecular flexibility index (Phi) is 3.98. The van der Waals surface area contributed by atoms with Crippen molar-refractivity contribution < 1.29 is 9.47 Å². The zero-order chi connectivity index (χ0) is 17.2. The second kappa shape index (κ2) is 6.44. The van der Waals surface area contributed by atoms with Gasteiger partial charge in [-0.25, -0.2) is 9.50 Å². The van der Waals surface area contributed by atoms with Crippen molar-refractivity contribution in [2.75, 3.05) is 6.79 Å². The molecule has 126 valence electrons. The van der Waals surface area contributed by atoms with E-state index in [-0.39, 0.29) is 6.79 Å². The average molecular weight is 334 g/mol. The number of hydrogen-bond donors (Lipinski definition) is 0. The van der Waals surface area contributed by atoms with Crippen molar-refractivity contribution in [3.05, 3.63) is 41.9 Å². The number of fused-ring (bicyclic) bond motifs is 2. The Morgan fingerprint density at radius 2 is 2.08 bits per heavy atom. The lowest BCUT2D eigenvalue weighted by Crippen LogP contribution is -1.94. The number of aryl methyl sites for hydroxylation is 1. The van der Waals surface area contributed by atoms with Crippen LogP contribution in [-0.2, 0) is 6.42 Å². The fourth-order valence-electron chi connectivity index (χ4n) is 3.04. The molecule has 0 N–H and O–H groups in total. The van der Waals surface area contributed by atoms with Crippen molar-refractivity contribution in [2.45, 2.75) is 32.6 Å². The summed E-state index contributed by atoms with van der Waals surface area (Å²) in [5.74, 6) is 2.21. The molecule has 0 radical (unpaired) electrons. The van der Waals surface area contributed by atoms with Crippen LogP contribution in [-0.4, -0.2) is 21.4 Å². The number of rotatable bonds is 5. The van der Waals surface area contributed by atoms with E-state index in [9.17, 15) is 5.26 Å². The normalized spacial score (nSPS) is 12.5. The highest BCUT2D eigenvalue weighted by molar-refractivity contribution is 5.78. The Hall–Kier alpha value is -3.07. The molecule has 3 aromatic rings. The van der Waals surface area contributed by atoms with Crippen LogP contribution in [0.3, 0.4) is 0 Å². The standard InChI is InChI=1S/C19H18N4O2/c1-2-3-4-5-18-21-19-15(11-20)14(8-9-23(19)22-18)13-6-7-16-17(10-13)25-12-24-16/h6-10H,2-5,12H2,1H3. The number of pyridine rings is 1. The van der Waals surface area contributed by atoms with Crippen molar-refractivity contribution in [3.8, 4) is 28.7 Å². The fourth-order valence-corrected chi connectivity index (χ4v) is 3.04. The maximum absolute atomic E-state index is 9.71. The summed E-state index contributed by atoms with van der Waals surface area (Å²) in [5, 5.41) is 14.2. The van der Waals surface area contributed by atoms with E-state index in [4.69, 9.17) is 9.47 Å². The number of benzene rings is 1. The molecule has 3 heterocycles. The monoisotopic (exact) mass is 334 g/mol. The van der Waals surface area contributed by atoms with Gasteiger partial charge in [0, 0.05) is 18.2 Å². The minimum Gasteiger partial charge on any atom is -0.454 e. The molecule has 1 aliphatic rings. The number of ether oxygens (including phenoxy) is 2. The first-order chi connectivity index (χ1) is 12.3. The van der Waals surface area contributed by atoms with E-state index < -0.39 is 0 Å². The van der Waals surface area contributed by atoms with E-state index in [1.807, 2.05) is 30.5 Å². The van der Waals surface area contributed by atoms with E-state index in [1.165, 1.54) is 0 Å². The van der Waals surface area contributed by atoms with Crippen LogP contribution in [0.15, 0.2) is 30.5 Å². The van der Waals surface area contributed by atoms with Gasteiger partial charge in [-0.15, -0.1) is 0 Å². The summed E-state index contributed by atoms with van der Waals surface area (Å²) >= 11 is 0. The molecule has 0 unspecified atom stereocenters. The molecule has 0 atom stereocenters. The Balaban J connectivity index is 1.75. The molecule has 0 saturated carbocycles. The summed E-state index contributed by atoms with van der Waals surface area (Å²) in [6.07, 6.45) is 6.06. The highest BCUT2D eigenvalue weighted by Gasteiger charge is 2.18. The van der Waals surface area contributed by atoms with Gasteiger partial charge < -0.3 is 9.47 Å². The highest BCUT2D eigenvalue weighted by atomic mass is 16.7. The second-order valence-electron chi connectivity index (χ2n) is 6.04. The smallest absolute Gasteiger partial charge is 0.231 e. The molecule has 0 fully saturated rings. The summed E-state index contributed by atoms with van der Waals surface area (Å²) in [7, 11) is 0. The molecule has 0 spiro atoms. The fraction of sp³-hybridized carbons (Fsp3) is 0.316. The molecule has 1 aliphatic heterocycles. The van der Waals surface area contributed by atoms with E-state index in [2.05, 4.69) is 23.1 Å². The van der Waals surface area contributed by atoms with E-state index in [1.54, 1.807) is 4.52 Å². The van der Waals surface area contributed by atoms with Gasteiger partial charge in [-0.1, -0.05) is 25.8 Å². The number of nitrogens with zero attached hydrogens (tertiary/aromatic N) is 4. The highest BCUT2D eigenvalue weighted by Crippen LogP contribution is 2.37. The van der Waals surface area contributed by atoms with Gasteiger partial charge in [0.05, 0.1) is 0 Å². The summed E-state index contributed by atoms with van der Waals surface area (Å²) in [6.45, 7) is 2.40. The van der Waals surface area contributed by atoms with Gasteiger partial charge >= 0.3 is 0 Å². The third kappa shape index (κ3) is 2.78. The first-order valence-corrected chi connectivity index (χ1v) is 8.48. The van der Waals surface area contributed by atoms with Crippen LogP contribution in [0.5, 0.6) is 11.5 Å². The Morgan fingerprint density at radius 1 is 1.20 bits per heavy atom. The summed E-state index contributed by atoms with van der Waals surface area (Å²) in [6, 6.07) is 9.88. The van der Waals surface area contributed by atoms with Crippen molar-refractivity contribution in [2.24, 2.45) is 0 Å². The van der Waals surface area contributed by atoms with Crippen LogP contribution in [0, 0.1) is 11.3 Å². The molecule has 1 aromatic carbocycles. The molecular formula is C19H18N4O2. The second-order valence-corrected chi connectivity index (χ2v) is 6.04. The maximum Gasteiger partial charge on any atom is 0.231 e. The summed E-state index contributed by atoms with van der Waals surface area (Å²) in [4.78, 5) is 4.59. The number of hydrogen-bond acceptors (Lipinski definition) is 5. The van der Waals surface area contributed by atoms with Crippen LogP contribution >= 0.6 is 0 Å². The van der Waals surface area contributed by atoms with Gasteiger partial charge in [0.15, 0.2) is 23.0 Å². The molecule has 25 heavy (non-hydrogen) atoms. The Bertz CT molecular complexity index is 971. The summed E-state index contributed by atoms with van der Waals surface area (Å²) < 4.78 is 12.5. The first kappa shape index (κ1) is 15.5. The van der Waals surface area contributed by atoms with Crippen LogP contribution < -0.4 is 9.47 Å². The average Bonchev–Trinajstić information content (AvgIpc) is 3.26. The minimum absolute atomic E-state index is 0.230. The van der Waals surface area contributed by atoms with E-state index in [0.29, 0.717) is 17.0 Å². The van der Waals surface area contributed by atoms with E-state index >= 15 is 0 Å². The number of nitriles is 1. The van der Waals surface area contributed by atoms with Gasteiger partial charge in [-0.2, -0.15) is 10.4 Å². The predicted octanol–water partition coefficient (Wildman–Crippen LogP) is 3.73. The zero-order valence-corrected chi connectivity index (χ0v) is 14.0. The lowest BCUT2D eigenvalue weighted by Gasteiger charge is -2.06. The third-order valence-electron chi connectivity index (χ3n) is 4.35. The molecule has 0 amide bonds. The van der Waals surface area contributed by atoms with Crippen molar-refractivity contribution in [3.63, 3.8) is 0 Å². The Labute approximate surface area is 145 Å². The largest absolute Gasteiger partial charge is 0.454 e. The van der Waals surface area contributed by atoms with Crippen LogP contribution in [0.4, 0.5) is 0 Å². The van der Waals surface area contributed by atoms with Gasteiger partial charge in [-0.05, 0) is 30.2 Å². The van der Waals surface area contributed by atoms with Gasteiger partial charge in [0.2, 0.25) is 6.79 Å². The molecule has 0 saturated heterocycles. The quantitative estimate of drug-likeness (QED) is 0.665. The molecule has 0 bridgehead atoms. The van der Waals surface area contributed by atoms with Gasteiger partial charge in [0.25, 0.3) is 0 Å². The maximum atomic E-state index is 9.71. The summed E-state index contributed by atoms with van der Waals surface area (Å²) in [5.41, 5.74) is 2.85. The SMILES string of the molecule is CCCCCc1nc2c(C#N)c(-c3ccc4c(c3)OCO4)ccn2n1. The van der Waals surface area contributed by atoms with Crippen molar-refractivity contribution in [1.29, 1.82) is 5.26 Å². The van der Waals surface area contributed by atoms with E-state index in [0.717, 1.165) is 48.4 Å². The third-order valence-corrected chi connectivity index (χ3v) is 4.35. The number of aromatic nitrogens is 3. The Morgan fingerprint density at radius 3 is 2.92 bits per heavy atom. The molecule has 2 aromatic heterocycles. The van der Waals surface area contributed by atoms with Crippen LogP contribution in [0.25, 0.3) is 16.8 Å². The zero-order valence-electron chi connectivity index (χ0n) is 14.0. The van der Waals surface area contributed by atoms with Crippen LogP contribution in [0.1, 0.15) is 37.6 Å². The first-order valence-electron chi connectivity index (χ1n) is 8.48. The van der Waals surface area contributed by atoms with Crippen molar-refractivity contribution in [1.82, 2.24) is 14.6 Å². The van der Waals surface area contributed by atoms with Gasteiger partial charge in [-0.3, -0.25) is 0 Å². The van der Waals surface area contributed by atoms with Gasteiger partial charge in [0.1, 0.15) is 11.6 Å². The molecular weight excluding hydrogens is 316 g/mol. The lowest BCUT2D eigenvalue weighted by atomic mass is 10.0. The minimum atomic E-state index is 0.230. The van der Waals surface area contributed by atoms with Crippen molar-refractivity contribution >= 4 is 5.65 Å². The molecule has 0 aliphatic carbocycles. The topological polar surface area (TPSA) is 72.4 Å². The molecule has 6 heteroatoms. The predicted molar refractivity (Wildman–Crippen MR) is 92.5 cm³/mol. The number of unbranched alkanes of at least 4 members (excludes halogenated alkanes) is 2. The van der Waals surface area contributed by atoms with Crippen LogP contribution in [0.2, 0.25) is 0 Å². The lowest BCUT2D eigenvalue weighted by molar-refractivity contribution is 0.174. The molecule has 4 rings (SSSR count). The molecule has 6 nitrogen and oxygen atoms in total.